The summed E-state index contributed by atoms with van der Waals surface area (Å²) in [6.45, 7) is 6.43. The van der Waals surface area contributed by atoms with Crippen LogP contribution in [0.4, 0.5) is 0 Å². The zero-order chi connectivity index (χ0) is 18.8. The van der Waals surface area contributed by atoms with Gasteiger partial charge in [0.2, 0.25) is 5.91 Å². The molecular formula is C20H31N5O. The number of aryl methyl sites for hydroxylation is 1. The predicted molar refractivity (Wildman–Crippen MR) is 108 cm³/mol. The lowest BCUT2D eigenvalue weighted by molar-refractivity contribution is -0.121. The number of rotatable bonds is 9. The van der Waals surface area contributed by atoms with Gasteiger partial charge in [0.05, 0.1) is 0 Å². The van der Waals surface area contributed by atoms with E-state index in [-0.39, 0.29) is 11.9 Å². The molecule has 3 N–H and O–H groups in total. The number of aliphatic imine (C=N–C) groups is 1. The molecule has 26 heavy (non-hydrogen) atoms. The fourth-order valence-corrected chi connectivity index (χ4v) is 2.76. The second-order valence-corrected chi connectivity index (χ2v) is 6.47. The summed E-state index contributed by atoms with van der Waals surface area (Å²) in [5.41, 5.74) is 1.27. The van der Waals surface area contributed by atoms with Gasteiger partial charge in [0, 0.05) is 50.9 Å². The predicted octanol–water partition coefficient (Wildman–Crippen LogP) is 2.50. The van der Waals surface area contributed by atoms with Crippen LogP contribution in [-0.2, 0) is 11.3 Å². The van der Waals surface area contributed by atoms with Crippen molar-refractivity contribution in [2.75, 3.05) is 20.1 Å². The van der Waals surface area contributed by atoms with E-state index in [1.807, 2.05) is 6.92 Å². The highest BCUT2D eigenvalue weighted by Gasteiger charge is 2.06. The van der Waals surface area contributed by atoms with Crippen molar-refractivity contribution in [2.45, 2.75) is 45.7 Å². The first-order valence-corrected chi connectivity index (χ1v) is 9.41. The van der Waals surface area contributed by atoms with Gasteiger partial charge in [-0.15, -0.1) is 0 Å². The maximum atomic E-state index is 11.8. The van der Waals surface area contributed by atoms with Crippen molar-refractivity contribution in [2.24, 2.45) is 4.99 Å². The molecule has 1 aromatic carbocycles. The number of guanidine groups is 1. The van der Waals surface area contributed by atoms with E-state index in [0.29, 0.717) is 13.0 Å². The van der Waals surface area contributed by atoms with Crippen molar-refractivity contribution in [3.05, 3.63) is 36.5 Å². The van der Waals surface area contributed by atoms with E-state index in [1.165, 1.54) is 10.9 Å². The van der Waals surface area contributed by atoms with Gasteiger partial charge in [-0.3, -0.25) is 9.79 Å². The Morgan fingerprint density at radius 2 is 1.96 bits per heavy atom. The molecule has 1 aromatic heterocycles. The normalized spacial score (nSPS) is 12.8. The monoisotopic (exact) mass is 357 g/mol. The molecule has 6 nitrogen and oxygen atoms in total. The topological polar surface area (TPSA) is 70.4 Å². The van der Waals surface area contributed by atoms with Gasteiger partial charge in [0.15, 0.2) is 5.96 Å². The highest BCUT2D eigenvalue weighted by Crippen LogP contribution is 2.15. The number of hydrogen-bond acceptors (Lipinski definition) is 2. The van der Waals surface area contributed by atoms with Crippen LogP contribution in [0.15, 0.2) is 41.5 Å². The first-order valence-electron chi connectivity index (χ1n) is 9.41. The fourth-order valence-electron chi connectivity index (χ4n) is 2.76. The summed E-state index contributed by atoms with van der Waals surface area (Å²) in [5, 5.41) is 10.7. The zero-order valence-corrected chi connectivity index (χ0v) is 16.1. The summed E-state index contributed by atoms with van der Waals surface area (Å²) in [5.74, 6) is 0.806. The number of fused-ring (bicyclic) bond motifs is 1. The summed E-state index contributed by atoms with van der Waals surface area (Å²) >= 11 is 0. The van der Waals surface area contributed by atoms with Gasteiger partial charge in [-0.2, -0.15) is 0 Å². The van der Waals surface area contributed by atoms with Crippen molar-refractivity contribution >= 4 is 22.8 Å². The molecule has 6 heteroatoms. The van der Waals surface area contributed by atoms with Gasteiger partial charge in [-0.1, -0.05) is 25.1 Å². The van der Waals surface area contributed by atoms with Gasteiger partial charge in [0.25, 0.3) is 0 Å². The van der Waals surface area contributed by atoms with Gasteiger partial charge in [-0.05, 0) is 37.3 Å². The molecule has 2 aromatic rings. The maximum absolute atomic E-state index is 11.8. The molecule has 0 aliphatic carbocycles. The van der Waals surface area contributed by atoms with Gasteiger partial charge in [0.1, 0.15) is 0 Å². The number of carbonyl (C=O) groups excluding carboxylic acids is 1. The zero-order valence-electron chi connectivity index (χ0n) is 16.1. The van der Waals surface area contributed by atoms with Gasteiger partial charge < -0.3 is 20.5 Å². The van der Waals surface area contributed by atoms with E-state index >= 15 is 0 Å². The Balaban J connectivity index is 1.65. The molecule has 0 radical (unpaired) electrons. The summed E-state index contributed by atoms with van der Waals surface area (Å²) < 4.78 is 2.27. The third kappa shape index (κ3) is 6.10. The standard InChI is InChI=1S/C20H31N5O/c1-4-16(2)24-19(26)10-13-23-20(21-3)22-12-7-14-25-15-11-17-8-5-6-9-18(17)25/h5-6,8-9,11,15-16H,4,7,10,12-14H2,1-3H3,(H,24,26)(H2,21,22,23). The minimum atomic E-state index is 0.0711. The second kappa shape index (κ2) is 10.5. The molecule has 0 spiro atoms. The Morgan fingerprint density at radius 1 is 1.19 bits per heavy atom. The number of hydrogen-bond donors (Lipinski definition) is 3. The molecule has 2 rings (SSSR count). The number of nitrogens with zero attached hydrogens (tertiary/aromatic N) is 2. The van der Waals surface area contributed by atoms with E-state index in [9.17, 15) is 4.79 Å². The van der Waals surface area contributed by atoms with Gasteiger partial charge >= 0.3 is 0 Å². The highest BCUT2D eigenvalue weighted by atomic mass is 16.1. The Hall–Kier alpha value is -2.50. The molecule has 142 valence electrons. The van der Waals surface area contributed by atoms with Crippen molar-refractivity contribution in [1.82, 2.24) is 20.5 Å². The van der Waals surface area contributed by atoms with Crippen LogP contribution in [0, 0.1) is 0 Å². The van der Waals surface area contributed by atoms with Crippen molar-refractivity contribution in [3.8, 4) is 0 Å². The van der Waals surface area contributed by atoms with Crippen LogP contribution >= 0.6 is 0 Å². The largest absolute Gasteiger partial charge is 0.356 e. The quantitative estimate of drug-likeness (QED) is 0.367. The molecule has 0 saturated carbocycles. The summed E-state index contributed by atoms with van der Waals surface area (Å²) in [6, 6.07) is 10.8. The SMILES string of the molecule is CCC(C)NC(=O)CCNC(=NC)NCCCn1ccc2ccccc21. The third-order valence-corrected chi connectivity index (χ3v) is 4.44. The lowest BCUT2D eigenvalue weighted by Crippen LogP contribution is -2.40. The van der Waals surface area contributed by atoms with E-state index in [0.717, 1.165) is 31.9 Å². The van der Waals surface area contributed by atoms with Crippen molar-refractivity contribution in [1.29, 1.82) is 0 Å². The number of aromatic nitrogens is 1. The molecule has 0 fully saturated rings. The molecule has 0 saturated heterocycles. The molecule has 1 amide bonds. The average Bonchev–Trinajstić information content (AvgIpc) is 3.06. The van der Waals surface area contributed by atoms with E-state index in [4.69, 9.17) is 0 Å². The lowest BCUT2D eigenvalue weighted by Gasteiger charge is -2.14. The van der Waals surface area contributed by atoms with Crippen LogP contribution in [0.5, 0.6) is 0 Å². The summed E-state index contributed by atoms with van der Waals surface area (Å²) in [4.78, 5) is 16.0. The number of amides is 1. The highest BCUT2D eigenvalue weighted by molar-refractivity contribution is 5.81. The van der Waals surface area contributed by atoms with Gasteiger partial charge in [-0.25, -0.2) is 0 Å². The Kier molecular flexibility index (Phi) is 7.99. The van der Waals surface area contributed by atoms with E-state index in [2.05, 4.69) is 69.0 Å². The fraction of sp³-hybridized carbons (Fsp3) is 0.500. The molecule has 1 atom stereocenters. The lowest BCUT2D eigenvalue weighted by atomic mass is 10.2. The van der Waals surface area contributed by atoms with Crippen LogP contribution in [-0.4, -0.2) is 42.6 Å². The summed E-state index contributed by atoms with van der Waals surface area (Å²) in [7, 11) is 1.74. The van der Waals surface area contributed by atoms with Crippen LogP contribution in [0.25, 0.3) is 10.9 Å². The Morgan fingerprint density at radius 3 is 2.73 bits per heavy atom. The number of para-hydroxylation sites is 1. The molecule has 0 aliphatic heterocycles. The number of nitrogens with one attached hydrogen (secondary N) is 3. The van der Waals surface area contributed by atoms with Crippen LogP contribution in [0.1, 0.15) is 33.1 Å². The molecule has 1 heterocycles. The molecule has 0 aliphatic rings. The van der Waals surface area contributed by atoms with Crippen LogP contribution in [0.3, 0.4) is 0 Å². The van der Waals surface area contributed by atoms with Crippen LogP contribution < -0.4 is 16.0 Å². The molecular weight excluding hydrogens is 326 g/mol. The second-order valence-electron chi connectivity index (χ2n) is 6.47. The maximum Gasteiger partial charge on any atom is 0.221 e. The van der Waals surface area contributed by atoms with E-state index in [1.54, 1.807) is 7.05 Å². The Labute approximate surface area is 156 Å². The molecule has 1 unspecified atom stereocenters. The van der Waals surface area contributed by atoms with E-state index < -0.39 is 0 Å². The van der Waals surface area contributed by atoms with Crippen molar-refractivity contribution in [3.63, 3.8) is 0 Å². The Bertz CT molecular complexity index is 722. The smallest absolute Gasteiger partial charge is 0.221 e. The molecule has 0 bridgehead atoms. The van der Waals surface area contributed by atoms with Crippen molar-refractivity contribution < 1.29 is 4.79 Å². The first kappa shape index (κ1) is 19.8. The minimum Gasteiger partial charge on any atom is -0.356 e. The van der Waals surface area contributed by atoms with Crippen LogP contribution in [0.2, 0.25) is 0 Å². The minimum absolute atomic E-state index is 0.0711. The third-order valence-electron chi connectivity index (χ3n) is 4.44. The summed E-state index contributed by atoms with van der Waals surface area (Å²) in [6.07, 6.45) is 4.51. The average molecular weight is 358 g/mol. The first-order chi connectivity index (χ1) is 12.6. The number of carbonyl (C=O) groups is 1. The number of benzene rings is 1.